The minimum Gasteiger partial charge on any atom is -0.465 e. The fraction of sp³-hybridized carbons (Fsp3) is 0.400. The molecular weight excluding hydrogens is 244 g/mol. The minimum absolute atomic E-state index is 0.165. The summed E-state index contributed by atoms with van der Waals surface area (Å²) in [6, 6.07) is 8.58. The lowest BCUT2D eigenvalue weighted by molar-refractivity contribution is -0.155. The van der Waals surface area contributed by atoms with Crippen LogP contribution < -0.4 is 0 Å². The lowest BCUT2D eigenvalue weighted by Gasteiger charge is -2.28. The van der Waals surface area contributed by atoms with Gasteiger partial charge in [0.2, 0.25) is 0 Å². The molecule has 0 heterocycles. The van der Waals surface area contributed by atoms with E-state index < -0.39 is 11.4 Å². The maximum absolute atomic E-state index is 12.2. The van der Waals surface area contributed by atoms with Crippen LogP contribution in [0.1, 0.15) is 32.8 Å². The number of carbonyl (C=O) groups excluding carboxylic acids is 3. The number of benzene rings is 1. The van der Waals surface area contributed by atoms with Crippen molar-refractivity contribution in [3.05, 3.63) is 35.9 Å². The molecule has 0 amide bonds. The van der Waals surface area contributed by atoms with Gasteiger partial charge in [0.05, 0.1) is 6.61 Å². The van der Waals surface area contributed by atoms with Crippen molar-refractivity contribution in [2.45, 2.75) is 32.6 Å². The molecule has 4 heteroatoms. The second-order valence-corrected chi connectivity index (χ2v) is 4.43. The molecule has 0 bridgehead atoms. The molecule has 0 aliphatic rings. The lowest BCUT2D eigenvalue weighted by atomic mass is 9.73. The van der Waals surface area contributed by atoms with Crippen molar-refractivity contribution in [2.24, 2.45) is 0 Å². The van der Waals surface area contributed by atoms with Crippen molar-refractivity contribution in [3.63, 3.8) is 0 Å². The summed E-state index contributed by atoms with van der Waals surface area (Å²) < 4.78 is 5.01. The van der Waals surface area contributed by atoms with E-state index in [0.29, 0.717) is 5.56 Å². The third-order valence-electron chi connectivity index (χ3n) is 3.01. The van der Waals surface area contributed by atoms with Crippen molar-refractivity contribution >= 4 is 17.5 Å². The molecule has 4 nitrogen and oxygen atoms in total. The van der Waals surface area contributed by atoms with Crippen LogP contribution in [0, 0.1) is 0 Å². The van der Waals surface area contributed by atoms with E-state index in [9.17, 15) is 14.4 Å². The van der Waals surface area contributed by atoms with Crippen molar-refractivity contribution in [1.82, 2.24) is 0 Å². The average Bonchev–Trinajstić information content (AvgIpc) is 2.36. The zero-order valence-electron chi connectivity index (χ0n) is 11.4. The van der Waals surface area contributed by atoms with Crippen molar-refractivity contribution in [1.29, 1.82) is 0 Å². The molecule has 0 spiro atoms. The maximum Gasteiger partial charge on any atom is 0.324 e. The van der Waals surface area contributed by atoms with Gasteiger partial charge >= 0.3 is 5.97 Å². The molecule has 0 saturated carbocycles. The molecule has 1 unspecified atom stereocenters. The monoisotopic (exact) mass is 262 g/mol. The summed E-state index contributed by atoms with van der Waals surface area (Å²) in [6.45, 7) is 4.51. The van der Waals surface area contributed by atoms with E-state index in [1.165, 1.54) is 13.8 Å². The molecule has 0 fully saturated rings. The molecular formula is C15H18O4. The predicted octanol–water partition coefficient (Wildman–Crippen LogP) is 2.06. The van der Waals surface area contributed by atoms with Gasteiger partial charge in [-0.25, -0.2) is 0 Å². The van der Waals surface area contributed by atoms with Crippen molar-refractivity contribution in [3.8, 4) is 0 Å². The maximum atomic E-state index is 12.2. The highest BCUT2D eigenvalue weighted by molar-refractivity contribution is 6.11. The highest BCUT2D eigenvalue weighted by atomic mass is 16.5. The van der Waals surface area contributed by atoms with E-state index in [0.717, 1.165) is 0 Å². The summed E-state index contributed by atoms with van der Waals surface area (Å²) in [5, 5.41) is 0. The van der Waals surface area contributed by atoms with E-state index in [-0.39, 0.29) is 24.6 Å². The highest BCUT2D eigenvalue weighted by Crippen LogP contribution is 2.31. The van der Waals surface area contributed by atoms with Crippen LogP contribution in [0.4, 0.5) is 0 Å². The molecule has 0 aliphatic heterocycles. The molecule has 0 aliphatic carbocycles. The zero-order valence-corrected chi connectivity index (χ0v) is 11.4. The predicted molar refractivity (Wildman–Crippen MR) is 70.7 cm³/mol. The van der Waals surface area contributed by atoms with E-state index in [1.807, 2.05) is 0 Å². The van der Waals surface area contributed by atoms with Crippen molar-refractivity contribution in [2.75, 3.05) is 6.61 Å². The minimum atomic E-state index is -1.52. The summed E-state index contributed by atoms with van der Waals surface area (Å²) in [5.41, 5.74) is -1.03. The Morgan fingerprint density at radius 3 is 2.11 bits per heavy atom. The van der Waals surface area contributed by atoms with E-state index >= 15 is 0 Å². The Hall–Kier alpha value is -1.97. The quantitative estimate of drug-likeness (QED) is 0.581. The molecule has 102 valence electrons. The number of esters is 1. The third-order valence-corrected chi connectivity index (χ3v) is 3.01. The average molecular weight is 262 g/mol. The van der Waals surface area contributed by atoms with Gasteiger partial charge in [-0.15, -0.1) is 0 Å². The Kier molecular flexibility index (Phi) is 4.98. The van der Waals surface area contributed by atoms with Crippen LogP contribution in [-0.2, 0) is 24.5 Å². The van der Waals surface area contributed by atoms with Gasteiger partial charge in [-0.05, 0) is 26.3 Å². The SMILES string of the molecule is CCOC(=O)C(CC(C)=O)(C(C)=O)c1ccccc1. The topological polar surface area (TPSA) is 60.4 Å². The highest BCUT2D eigenvalue weighted by Gasteiger charge is 2.47. The fourth-order valence-corrected chi connectivity index (χ4v) is 2.11. The number of carbonyl (C=O) groups is 3. The molecule has 1 rings (SSSR count). The molecule has 0 N–H and O–H groups in total. The number of ether oxygens (including phenoxy) is 1. The Morgan fingerprint density at radius 2 is 1.68 bits per heavy atom. The molecule has 0 saturated heterocycles. The lowest BCUT2D eigenvalue weighted by Crippen LogP contribution is -2.45. The number of ketones is 2. The first-order chi connectivity index (χ1) is 8.95. The summed E-state index contributed by atoms with van der Waals surface area (Å²) in [6.07, 6.45) is -0.175. The van der Waals surface area contributed by atoms with Gasteiger partial charge in [-0.3, -0.25) is 14.4 Å². The Labute approximate surface area is 112 Å². The van der Waals surface area contributed by atoms with Crippen molar-refractivity contribution < 1.29 is 19.1 Å². The van der Waals surface area contributed by atoms with Gasteiger partial charge < -0.3 is 4.74 Å². The van der Waals surface area contributed by atoms with Gasteiger partial charge in [0.1, 0.15) is 5.78 Å². The van der Waals surface area contributed by atoms with Gasteiger partial charge in [0, 0.05) is 6.42 Å². The van der Waals surface area contributed by atoms with Crippen LogP contribution in [-0.4, -0.2) is 24.1 Å². The molecule has 1 aromatic carbocycles. The number of rotatable bonds is 6. The number of Topliss-reactive ketones (excluding diaryl/α,β-unsaturated/α-hetero) is 2. The van der Waals surface area contributed by atoms with Crippen LogP contribution in [0.2, 0.25) is 0 Å². The molecule has 0 radical (unpaired) electrons. The first-order valence-electron chi connectivity index (χ1n) is 6.18. The number of hydrogen-bond donors (Lipinski definition) is 0. The van der Waals surface area contributed by atoms with Crippen LogP contribution in [0.25, 0.3) is 0 Å². The Morgan fingerprint density at radius 1 is 1.11 bits per heavy atom. The van der Waals surface area contributed by atoms with Gasteiger partial charge in [-0.2, -0.15) is 0 Å². The largest absolute Gasteiger partial charge is 0.465 e. The second-order valence-electron chi connectivity index (χ2n) is 4.43. The normalized spacial score (nSPS) is 13.4. The Balaban J connectivity index is 3.39. The van der Waals surface area contributed by atoms with Gasteiger partial charge in [-0.1, -0.05) is 30.3 Å². The standard InChI is InChI=1S/C15H18O4/c1-4-19-14(18)15(12(3)17,10-11(2)16)13-8-6-5-7-9-13/h5-9H,4,10H2,1-3H3. The van der Waals surface area contributed by atoms with E-state index in [1.54, 1.807) is 37.3 Å². The smallest absolute Gasteiger partial charge is 0.324 e. The summed E-state index contributed by atoms with van der Waals surface area (Å²) >= 11 is 0. The van der Waals surface area contributed by atoms with E-state index in [4.69, 9.17) is 4.74 Å². The molecule has 1 atom stereocenters. The van der Waals surface area contributed by atoms with Gasteiger partial charge in [0.15, 0.2) is 11.2 Å². The van der Waals surface area contributed by atoms with Crippen LogP contribution in [0.15, 0.2) is 30.3 Å². The molecule has 19 heavy (non-hydrogen) atoms. The van der Waals surface area contributed by atoms with E-state index in [2.05, 4.69) is 0 Å². The van der Waals surface area contributed by atoms with Crippen LogP contribution in [0.5, 0.6) is 0 Å². The fourth-order valence-electron chi connectivity index (χ4n) is 2.11. The second kappa shape index (κ2) is 6.27. The number of hydrogen-bond acceptors (Lipinski definition) is 4. The third kappa shape index (κ3) is 3.08. The first kappa shape index (κ1) is 15.1. The molecule has 1 aromatic rings. The van der Waals surface area contributed by atoms with Crippen LogP contribution >= 0.6 is 0 Å². The van der Waals surface area contributed by atoms with Crippen LogP contribution in [0.3, 0.4) is 0 Å². The Bertz CT molecular complexity index is 478. The molecule has 0 aromatic heterocycles. The zero-order chi connectivity index (χ0) is 14.5. The summed E-state index contributed by atoms with van der Waals surface area (Å²) in [7, 11) is 0. The summed E-state index contributed by atoms with van der Waals surface area (Å²) in [5.74, 6) is -1.27. The summed E-state index contributed by atoms with van der Waals surface area (Å²) in [4.78, 5) is 35.8. The van der Waals surface area contributed by atoms with Gasteiger partial charge in [0.25, 0.3) is 0 Å². The first-order valence-corrected chi connectivity index (χ1v) is 6.18.